The van der Waals surface area contributed by atoms with Crippen molar-refractivity contribution in [1.82, 2.24) is 14.5 Å². The molecule has 0 bridgehead atoms. The lowest BCUT2D eigenvalue weighted by Crippen LogP contribution is -2.49. The molecule has 1 saturated heterocycles. The Labute approximate surface area is 176 Å². The molecule has 9 heteroatoms. The largest absolute Gasteiger partial charge is 0.497 e. The van der Waals surface area contributed by atoms with Gasteiger partial charge in [-0.3, -0.25) is 9.59 Å². The molecule has 3 rings (SSSR count). The summed E-state index contributed by atoms with van der Waals surface area (Å²) in [6.45, 7) is 2.94. The number of hydrogen-bond acceptors (Lipinski definition) is 5. The molecule has 0 aromatic heterocycles. The average molecular weight is 432 g/mol. The fourth-order valence-electron chi connectivity index (χ4n) is 3.26. The van der Waals surface area contributed by atoms with Gasteiger partial charge in [0.1, 0.15) is 5.75 Å². The van der Waals surface area contributed by atoms with Gasteiger partial charge in [0.15, 0.2) is 0 Å². The summed E-state index contributed by atoms with van der Waals surface area (Å²) >= 11 is 0. The van der Waals surface area contributed by atoms with Crippen LogP contribution in [0.4, 0.5) is 0 Å². The second kappa shape index (κ2) is 9.27. The fraction of sp³-hybridized carbons (Fsp3) is 0.333. The predicted molar refractivity (Wildman–Crippen MR) is 112 cm³/mol. The van der Waals surface area contributed by atoms with E-state index in [1.54, 1.807) is 24.1 Å². The van der Waals surface area contributed by atoms with E-state index in [0.29, 0.717) is 25.4 Å². The number of rotatable bonds is 6. The lowest BCUT2D eigenvalue weighted by Gasteiger charge is -2.33. The summed E-state index contributed by atoms with van der Waals surface area (Å²) in [5.41, 5.74) is 1.14. The van der Waals surface area contributed by atoms with E-state index >= 15 is 0 Å². The van der Waals surface area contributed by atoms with Crippen molar-refractivity contribution in [1.29, 1.82) is 0 Å². The van der Waals surface area contributed by atoms with Crippen LogP contribution in [-0.2, 0) is 21.4 Å². The number of amides is 2. The molecule has 2 aromatic rings. The molecule has 30 heavy (non-hydrogen) atoms. The van der Waals surface area contributed by atoms with Gasteiger partial charge >= 0.3 is 0 Å². The first-order valence-electron chi connectivity index (χ1n) is 9.58. The third-order valence-corrected chi connectivity index (χ3v) is 6.90. The molecule has 1 fully saturated rings. The number of piperazine rings is 1. The van der Waals surface area contributed by atoms with E-state index < -0.39 is 10.0 Å². The first-order valence-corrected chi connectivity index (χ1v) is 11.0. The number of benzene rings is 2. The molecule has 8 nitrogen and oxygen atoms in total. The number of ether oxygens (including phenoxy) is 1. The van der Waals surface area contributed by atoms with Gasteiger partial charge < -0.3 is 15.0 Å². The fourth-order valence-corrected chi connectivity index (χ4v) is 4.73. The van der Waals surface area contributed by atoms with Gasteiger partial charge in [0, 0.05) is 45.2 Å². The molecule has 0 spiro atoms. The van der Waals surface area contributed by atoms with E-state index in [1.807, 2.05) is 24.3 Å². The van der Waals surface area contributed by atoms with Crippen molar-refractivity contribution in [2.75, 3.05) is 33.3 Å². The van der Waals surface area contributed by atoms with Crippen molar-refractivity contribution < 1.29 is 22.7 Å². The molecular weight excluding hydrogens is 406 g/mol. The Kier molecular flexibility index (Phi) is 6.73. The second-order valence-electron chi connectivity index (χ2n) is 6.97. The van der Waals surface area contributed by atoms with Crippen LogP contribution in [-0.4, -0.2) is 62.7 Å². The van der Waals surface area contributed by atoms with Crippen molar-refractivity contribution in [3.05, 3.63) is 59.7 Å². The van der Waals surface area contributed by atoms with Crippen molar-refractivity contribution in [2.24, 2.45) is 0 Å². The number of hydrogen-bond donors (Lipinski definition) is 1. The van der Waals surface area contributed by atoms with Crippen LogP contribution in [0.25, 0.3) is 0 Å². The summed E-state index contributed by atoms with van der Waals surface area (Å²) in [6, 6.07) is 13.3. The van der Waals surface area contributed by atoms with Gasteiger partial charge in [-0.05, 0) is 35.9 Å². The molecular formula is C21H25N3O5S. The molecule has 0 unspecified atom stereocenters. The summed E-state index contributed by atoms with van der Waals surface area (Å²) in [7, 11) is -2.17. The van der Waals surface area contributed by atoms with E-state index in [2.05, 4.69) is 5.32 Å². The Morgan fingerprint density at radius 2 is 1.73 bits per heavy atom. The number of sulfonamides is 1. The Morgan fingerprint density at radius 1 is 1.03 bits per heavy atom. The van der Waals surface area contributed by atoms with E-state index in [1.165, 1.54) is 23.4 Å². The maximum absolute atomic E-state index is 13.0. The van der Waals surface area contributed by atoms with Crippen molar-refractivity contribution in [3.63, 3.8) is 0 Å². The monoisotopic (exact) mass is 431 g/mol. The molecule has 0 radical (unpaired) electrons. The summed E-state index contributed by atoms with van der Waals surface area (Å²) in [5.74, 6) is 0.262. The first-order chi connectivity index (χ1) is 14.3. The van der Waals surface area contributed by atoms with Crippen LogP contribution in [0.1, 0.15) is 22.8 Å². The van der Waals surface area contributed by atoms with Gasteiger partial charge in [-0.25, -0.2) is 8.42 Å². The summed E-state index contributed by atoms with van der Waals surface area (Å²) in [6.07, 6.45) is 0. The average Bonchev–Trinajstić information content (AvgIpc) is 2.77. The minimum atomic E-state index is -3.74. The Morgan fingerprint density at radius 3 is 2.40 bits per heavy atom. The van der Waals surface area contributed by atoms with Crippen LogP contribution < -0.4 is 10.1 Å². The zero-order valence-corrected chi connectivity index (χ0v) is 17.8. The standard InChI is InChI=1S/C21H25N3O5S/c1-16(25)23-9-11-24(12-10-23)30(27,28)20-8-4-6-18(14-20)21(26)22-15-17-5-3-7-19(13-17)29-2/h3-8,13-14H,9-12,15H2,1-2H3,(H,22,26). The minimum absolute atomic E-state index is 0.0628. The van der Waals surface area contributed by atoms with Crippen molar-refractivity contribution in [3.8, 4) is 5.75 Å². The highest BCUT2D eigenvalue weighted by atomic mass is 32.2. The van der Waals surface area contributed by atoms with Crippen LogP contribution in [0.3, 0.4) is 0 Å². The van der Waals surface area contributed by atoms with Crippen LogP contribution in [0.15, 0.2) is 53.4 Å². The highest BCUT2D eigenvalue weighted by Gasteiger charge is 2.29. The number of carbonyl (C=O) groups is 2. The molecule has 0 atom stereocenters. The number of methoxy groups -OCH3 is 1. The summed E-state index contributed by atoms with van der Waals surface area (Å²) in [5, 5.41) is 2.80. The molecule has 1 heterocycles. The van der Waals surface area contributed by atoms with Crippen molar-refractivity contribution in [2.45, 2.75) is 18.4 Å². The van der Waals surface area contributed by atoms with Crippen LogP contribution >= 0.6 is 0 Å². The zero-order chi connectivity index (χ0) is 21.7. The van der Waals surface area contributed by atoms with Gasteiger partial charge in [0.05, 0.1) is 12.0 Å². The molecule has 1 aliphatic rings. The molecule has 160 valence electrons. The molecule has 2 aromatic carbocycles. The zero-order valence-electron chi connectivity index (χ0n) is 17.0. The van der Waals surface area contributed by atoms with Gasteiger partial charge in [-0.2, -0.15) is 4.31 Å². The molecule has 1 aliphatic heterocycles. The number of nitrogens with zero attached hydrogens (tertiary/aromatic N) is 2. The van der Waals surface area contributed by atoms with E-state index in [-0.39, 0.29) is 35.4 Å². The Bertz CT molecular complexity index is 1030. The maximum Gasteiger partial charge on any atom is 0.251 e. The molecule has 0 saturated carbocycles. The van der Waals surface area contributed by atoms with Crippen LogP contribution in [0.5, 0.6) is 5.75 Å². The SMILES string of the molecule is COc1cccc(CNC(=O)c2cccc(S(=O)(=O)N3CCN(C(C)=O)CC3)c2)c1. The maximum atomic E-state index is 13.0. The third-order valence-electron chi connectivity index (χ3n) is 5.01. The van der Waals surface area contributed by atoms with E-state index in [4.69, 9.17) is 4.74 Å². The minimum Gasteiger partial charge on any atom is -0.497 e. The second-order valence-corrected chi connectivity index (χ2v) is 8.91. The highest BCUT2D eigenvalue weighted by Crippen LogP contribution is 2.19. The first kappa shape index (κ1) is 21.8. The number of carbonyl (C=O) groups excluding carboxylic acids is 2. The van der Waals surface area contributed by atoms with E-state index in [0.717, 1.165) is 5.56 Å². The Hall–Kier alpha value is -2.91. The lowest BCUT2D eigenvalue weighted by molar-refractivity contribution is -0.129. The molecule has 1 N–H and O–H groups in total. The third kappa shape index (κ3) is 4.98. The molecule has 2 amide bonds. The van der Waals surface area contributed by atoms with Gasteiger partial charge in [0.25, 0.3) is 5.91 Å². The predicted octanol–water partition coefficient (Wildman–Crippen LogP) is 1.48. The topological polar surface area (TPSA) is 96.0 Å². The van der Waals surface area contributed by atoms with Crippen molar-refractivity contribution >= 4 is 21.8 Å². The van der Waals surface area contributed by atoms with Gasteiger partial charge in [-0.15, -0.1) is 0 Å². The van der Waals surface area contributed by atoms with Gasteiger partial charge in [-0.1, -0.05) is 18.2 Å². The highest BCUT2D eigenvalue weighted by molar-refractivity contribution is 7.89. The van der Waals surface area contributed by atoms with Crippen LogP contribution in [0, 0.1) is 0 Å². The number of nitrogens with one attached hydrogen (secondary N) is 1. The smallest absolute Gasteiger partial charge is 0.251 e. The molecule has 0 aliphatic carbocycles. The van der Waals surface area contributed by atoms with E-state index in [9.17, 15) is 18.0 Å². The summed E-state index contributed by atoms with van der Waals surface area (Å²) < 4.78 is 32.4. The Balaban J connectivity index is 1.68. The van der Waals surface area contributed by atoms with Crippen LogP contribution in [0.2, 0.25) is 0 Å². The quantitative estimate of drug-likeness (QED) is 0.747. The summed E-state index contributed by atoms with van der Waals surface area (Å²) in [4.78, 5) is 25.7. The van der Waals surface area contributed by atoms with Gasteiger partial charge in [0.2, 0.25) is 15.9 Å². The lowest BCUT2D eigenvalue weighted by atomic mass is 10.2. The normalized spacial score (nSPS) is 14.9.